The lowest BCUT2D eigenvalue weighted by Crippen LogP contribution is -2.13. The van der Waals surface area contributed by atoms with Gasteiger partial charge in [-0.2, -0.15) is 0 Å². The van der Waals surface area contributed by atoms with E-state index in [4.69, 9.17) is 39.5 Å². The number of ether oxygens (including phenoxy) is 1. The standard InChI is InChI=1S/C19H18Cl3N3O2S/c1-27-9-8-25-16-6-5-12(20)11-15(16)23-19(25)28-10-7-17(26)24-18-13(21)3-2-4-14(18)22/h2-6,11H,7-10H2,1H3,(H,24,26). The average Bonchev–Trinajstić information content (AvgIpc) is 2.99. The van der Waals surface area contributed by atoms with Crippen LogP contribution in [0.15, 0.2) is 41.6 Å². The molecular formula is C19H18Cl3N3O2S. The fourth-order valence-electron chi connectivity index (χ4n) is 2.64. The third-order valence-electron chi connectivity index (χ3n) is 3.98. The number of thioether (sulfide) groups is 1. The minimum absolute atomic E-state index is 0.162. The van der Waals surface area contributed by atoms with Crippen LogP contribution in [0.1, 0.15) is 6.42 Å². The number of halogens is 3. The van der Waals surface area contributed by atoms with E-state index in [1.165, 1.54) is 11.8 Å². The Morgan fingerprint density at radius 2 is 1.96 bits per heavy atom. The van der Waals surface area contributed by atoms with Crippen LogP contribution in [0.3, 0.4) is 0 Å². The molecule has 0 radical (unpaired) electrons. The summed E-state index contributed by atoms with van der Waals surface area (Å²) in [5, 5.41) is 5.04. The van der Waals surface area contributed by atoms with Gasteiger partial charge in [0.1, 0.15) is 0 Å². The molecule has 148 valence electrons. The molecule has 0 aliphatic carbocycles. The minimum atomic E-state index is -0.162. The van der Waals surface area contributed by atoms with Crippen LogP contribution in [0.25, 0.3) is 11.0 Å². The Morgan fingerprint density at radius 3 is 2.68 bits per heavy atom. The summed E-state index contributed by atoms with van der Waals surface area (Å²) in [5.74, 6) is 0.392. The van der Waals surface area contributed by atoms with E-state index in [9.17, 15) is 4.79 Å². The number of hydrogen-bond donors (Lipinski definition) is 1. The van der Waals surface area contributed by atoms with Gasteiger partial charge in [0.2, 0.25) is 5.91 Å². The third kappa shape index (κ3) is 5.13. The number of nitrogens with one attached hydrogen (secondary N) is 1. The van der Waals surface area contributed by atoms with Gasteiger partial charge in [0.05, 0.1) is 33.4 Å². The van der Waals surface area contributed by atoms with Gasteiger partial charge in [-0.15, -0.1) is 0 Å². The van der Waals surface area contributed by atoms with E-state index in [1.54, 1.807) is 25.3 Å². The smallest absolute Gasteiger partial charge is 0.225 e. The van der Waals surface area contributed by atoms with Gasteiger partial charge in [0, 0.05) is 30.9 Å². The largest absolute Gasteiger partial charge is 0.383 e. The van der Waals surface area contributed by atoms with Crippen LogP contribution in [0.2, 0.25) is 15.1 Å². The fraction of sp³-hybridized carbons (Fsp3) is 0.263. The number of nitrogens with zero attached hydrogens (tertiary/aromatic N) is 2. The Balaban J connectivity index is 1.67. The third-order valence-corrected chi connectivity index (χ3v) is 5.82. The summed E-state index contributed by atoms with van der Waals surface area (Å²) in [6.07, 6.45) is 0.292. The van der Waals surface area contributed by atoms with E-state index in [-0.39, 0.29) is 5.91 Å². The number of anilines is 1. The summed E-state index contributed by atoms with van der Waals surface area (Å²) < 4.78 is 7.27. The highest BCUT2D eigenvalue weighted by molar-refractivity contribution is 7.99. The van der Waals surface area contributed by atoms with Crippen LogP contribution in [0.5, 0.6) is 0 Å². The highest BCUT2D eigenvalue weighted by Crippen LogP contribution is 2.30. The van der Waals surface area contributed by atoms with E-state index in [0.717, 1.165) is 16.2 Å². The summed E-state index contributed by atoms with van der Waals surface area (Å²) in [7, 11) is 1.66. The van der Waals surface area contributed by atoms with Gasteiger partial charge in [-0.1, -0.05) is 52.6 Å². The Kier molecular flexibility index (Phi) is 7.48. The number of amides is 1. The summed E-state index contributed by atoms with van der Waals surface area (Å²) in [6, 6.07) is 10.7. The molecule has 2 aromatic carbocycles. The first-order chi connectivity index (χ1) is 13.5. The van der Waals surface area contributed by atoms with Crippen LogP contribution >= 0.6 is 46.6 Å². The van der Waals surface area contributed by atoms with Crippen molar-refractivity contribution in [2.24, 2.45) is 0 Å². The molecule has 0 bridgehead atoms. The SMILES string of the molecule is COCCn1c(SCCC(=O)Nc2c(Cl)cccc2Cl)nc2cc(Cl)ccc21. The van der Waals surface area contributed by atoms with Crippen molar-refractivity contribution in [3.05, 3.63) is 51.5 Å². The van der Waals surface area contributed by atoms with Crippen molar-refractivity contribution in [2.75, 3.05) is 24.8 Å². The second kappa shape index (κ2) is 9.85. The lowest BCUT2D eigenvalue weighted by atomic mass is 10.3. The maximum Gasteiger partial charge on any atom is 0.225 e. The predicted octanol–water partition coefficient (Wildman–Crippen LogP) is 5.76. The molecule has 0 fully saturated rings. The van der Waals surface area contributed by atoms with E-state index in [2.05, 4.69) is 14.9 Å². The van der Waals surface area contributed by atoms with Gasteiger partial charge in [0.15, 0.2) is 5.16 Å². The van der Waals surface area contributed by atoms with Crippen molar-refractivity contribution in [1.29, 1.82) is 0 Å². The van der Waals surface area contributed by atoms with Crippen LogP contribution < -0.4 is 5.32 Å². The molecule has 0 saturated heterocycles. The molecule has 0 aliphatic rings. The lowest BCUT2D eigenvalue weighted by molar-refractivity contribution is -0.115. The van der Waals surface area contributed by atoms with Crippen molar-refractivity contribution in [1.82, 2.24) is 9.55 Å². The molecule has 1 amide bonds. The normalized spacial score (nSPS) is 11.1. The van der Waals surface area contributed by atoms with Crippen molar-refractivity contribution >= 4 is 69.2 Å². The second-order valence-corrected chi connectivity index (χ2v) is 8.23. The summed E-state index contributed by atoms with van der Waals surface area (Å²) in [6.45, 7) is 1.23. The average molecular weight is 459 g/mol. The molecule has 5 nitrogen and oxygen atoms in total. The van der Waals surface area contributed by atoms with Crippen LogP contribution in [0.4, 0.5) is 5.69 Å². The first-order valence-electron chi connectivity index (χ1n) is 8.51. The van der Waals surface area contributed by atoms with Crippen molar-refractivity contribution in [3.63, 3.8) is 0 Å². The van der Waals surface area contributed by atoms with Crippen molar-refractivity contribution in [3.8, 4) is 0 Å². The summed E-state index contributed by atoms with van der Waals surface area (Å²) >= 11 is 19.8. The number of benzene rings is 2. The van der Waals surface area contributed by atoms with E-state index in [1.807, 2.05) is 18.2 Å². The molecule has 9 heteroatoms. The van der Waals surface area contributed by atoms with Gasteiger partial charge in [-0.05, 0) is 30.3 Å². The van der Waals surface area contributed by atoms with E-state index in [0.29, 0.717) is 46.1 Å². The number of methoxy groups -OCH3 is 1. The van der Waals surface area contributed by atoms with Crippen molar-refractivity contribution in [2.45, 2.75) is 18.1 Å². The molecule has 1 N–H and O–H groups in total. The van der Waals surface area contributed by atoms with E-state index < -0.39 is 0 Å². The minimum Gasteiger partial charge on any atom is -0.383 e. The fourth-order valence-corrected chi connectivity index (χ4v) is 4.28. The zero-order chi connectivity index (χ0) is 20.1. The molecular weight excluding hydrogens is 441 g/mol. The second-order valence-electron chi connectivity index (χ2n) is 5.92. The Morgan fingerprint density at radius 1 is 1.21 bits per heavy atom. The molecule has 0 spiro atoms. The maximum absolute atomic E-state index is 12.3. The molecule has 0 saturated carbocycles. The number of aromatic nitrogens is 2. The summed E-state index contributed by atoms with van der Waals surface area (Å²) in [5.41, 5.74) is 2.23. The van der Waals surface area contributed by atoms with Gasteiger partial charge in [0.25, 0.3) is 0 Å². The monoisotopic (exact) mass is 457 g/mol. The topological polar surface area (TPSA) is 56.1 Å². The Labute approximate surface area is 182 Å². The van der Waals surface area contributed by atoms with Crippen LogP contribution in [-0.2, 0) is 16.1 Å². The van der Waals surface area contributed by atoms with Gasteiger partial charge in [-0.25, -0.2) is 4.98 Å². The highest BCUT2D eigenvalue weighted by atomic mass is 35.5. The quantitative estimate of drug-likeness (QED) is 0.436. The first-order valence-corrected chi connectivity index (χ1v) is 10.6. The molecule has 1 aromatic heterocycles. The lowest BCUT2D eigenvalue weighted by Gasteiger charge is -2.10. The molecule has 28 heavy (non-hydrogen) atoms. The number of para-hydroxylation sites is 1. The Hall–Kier alpha value is -1.44. The highest BCUT2D eigenvalue weighted by Gasteiger charge is 2.14. The summed E-state index contributed by atoms with van der Waals surface area (Å²) in [4.78, 5) is 16.9. The maximum atomic E-state index is 12.3. The molecule has 0 atom stereocenters. The number of hydrogen-bond acceptors (Lipinski definition) is 4. The number of carbonyl (C=O) groups excluding carboxylic acids is 1. The zero-order valence-electron chi connectivity index (χ0n) is 15.0. The number of fused-ring (bicyclic) bond motifs is 1. The van der Waals surface area contributed by atoms with E-state index >= 15 is 0 Å². The first kappa shape index (κ1) is 21.3. The predicted molar refractivity (Wildman–Crippen MR) is 117 cm³/mol. The van der Waals surface area contributed by atoms with Gasteiger partial charge < -0.3 is 14.6 Å². The molecule has 3 aromatic rings. The van der Waals surface area contributed by atoms with Gasteiger partial charge >= 0.3 is 0 Å². The number of rotatable bonds is 8. The Bertz CT molecular complexity index is 974. The molecule has 1 heterocycles. The zero-order valence-corrected chi connectivity index (χ0v) is 18.1. The molecule has 3 rings (SSSR count). The number of carbonyl (C=O) groups is 1. The van der Waals surface area contributed by atoms with Crippen LogP contribution in [-0.4, -0.2) is 34.9 Å². The molecule has 0 aliphatic heterocycles. The van der Waals surface area contributed by atoms with Crippen LogP contribution in [0, 0.1) is 0 Å². The van der Waals surface area contributed by atoms with Crippen molar-refractivity contribution < 1.29 is 9.53 Å². The molecule has 0 unspecified atom stereocenters. The number of imidazole rings is 1. The van der Waals surface area contributed by atoms with Gasteiger partial charge in [-0.3, -0.25) is 4.79 Å².